The molecule has 0 saturated carbocycles. The Balaban J connectivity index is 2.21. The maximum Gasteiger partial charge on any atom is 0.270 e. The van der Waals surface area contributed by atoms with Crippen molar-refractivity contribution in [2.45, 2.75) is 0 Å². The van der Waals surface area contributed by atoms with Crippen LogP contribution in [0.1, 0.15) is 11.1 Å². The molecule has 0 aliphatic rings. The van der Waals surface area contributed by atoms with Gasteiger partial charge in [-0.05, 0) is 24.4 Å². The Labute approximate surface area is 152 Å². The third kappa shape index (κ3) is 3.57. The van der Waals surface area contributed by atoms with Gasteiger partial charge in [-0.15, -0.1) is 10.2 Å². The van der Waals surface area contributed by atoms with Crippen LogP contribution in [0.15, 0.2) is 58.8 Å². The fourth-order valence-electron chi connectivity index (χ4n) is 2.46. The van der Waals surface area contributed by atoms with Crippen LogP contribution in [-0.4, -0.2) is 20.1 Å². The first-order chi connectivity index (χ1) is 12.5. The van der Waals surface area contributed by atoms with Crippen molar-refractivity contribution in [3.63, 3.8) is 0 Å². The van der Waals surface area contributed by atoms with Crippen LogP contribution in [-0.2, 0) is 0 Å². The zero-order chi connectivity index (χ0) is 18.7. The molecule has 0 amide bonds. The van der Waals surface area contributed by atoms with Gasteiger partial charge in [-0.3, -0.25) is 10.1 Å². The quantitative estimate of drug-likeness (QED) is 0.278. The Hall–Kier alpha value is -3.59. The second-order valence-electron chi connectivity index (χ2n) is 5.31. The lowest BCUT2D eigenvalue weighted by Crippen LogP contribution is -2.01. The summed E-state index contributed by atoms with van der Waals surface area (Å²) >= 11 is 4.72. The molecule has 0 aliphatic carbocycles. The van der Waals surface area contributed by atoms with Gasteiger partial charge >= 0.3 is 0 Å². The monoisotopic (exact) mass is 367 g/mol. The van der Waals surface area contributed by atoms with Crippen molar-refractivity contribution in [2.75, 3.05) is 0 Å². The fourth-order valence-corrected chi connectivity index (χ4v) is 2.51. The SMILES string of the molecule is NC(=S)N=N/C(=C/c1c(O)[nH]c2ccc([N+](=O)[O-])cc12)c1ccccc1. The second-order valence-corrected chi connectivity index (χ2v) is 5.73. The molecule has 1 aromatic heterocycles. The van der Waals surface area contributed by atoms with Gasteiger partial charge in [0.1, 0.15) is 0 Å². The average Bonchev–Trinajstić information content (AvgIpc) is 2.93. The Morgan fingerprint density at radius 1 is 1.23 bits per heavy atom. The number of thiocarbonyl (C=S) groups is 1. The number of H-pyrrole nitrogens is 1. The molecule has 1 heterocycles. The van der Waals surface area contributed by atoms with Gasteiger partial charge in [0.15, 0.2) is 5.88 Å². The van der Waals surface area contributed by atoms with Crippen LogP contribution >= 0.6 is 12.2 Å². The highest BCUT2D eigenvalue weighted by molar-refractivity contribution is 7.80. The lowest BCUT2D eigenvalue weighted by Gasteiger charge is -2.01. The highest BCUT2D eigenvalue weighted by atomic mass is 32.1. The van der Waals surface area contributed by atoms with Crippen LogP contribution in [0, 0.1) is 10.1 Å². The van der Waals surface area contributed by atoms with Crippen molar-refractivity contribution in [3.8, 4) is 5.88 Å². The number of azo groups is 1. The number of nitrogens with zero attached hydrogens (tertiary/aromatic N) is 3. The van der Waals surface area contributed by atoms with Crippen LogP contribution in [0.25, 0.3) is 22.7 Å². The Kier molecular flexibility index (Phi) is 4.72. The summed E-state index contributed by atoms with van der Waals surface area (Å²) in [4.78, 5) is 13.3. The Morgan fingerprint density at radius 2 is 1.96 bits per heavy atom. The van der Waals surface area contributed by atoms with E-state index in [1.165, 1.54) is 18.2 Å². The molecule has 8 nitrogen and oxygen atoms in total. The summed E-state index contributed by atoms with van der Waals surface area (Å²) in [7, 11) is 0. The maximum atomic E-state index is 11.0. The van der Waals surface area contributed by atoms with Crippen LogP contribution in [0.5, 0.6) is 5.88 Å². The zero-order valence-corrected chi connectivity index (χ0v) is 14.1. The number of benzene rings is 2. The van der Waals surface area contributed by atoms with Crippen molar-refractivity contribution >= 4 is 45.7 Å². The first kappa shape index (κ1) is 17.2. The minimum Gasteiger partial charge on any atom is -0.494 e. The van der Waals surface area contributed by atoms with Gasteiger partial charge in [0, 0.05) is 34.2 Å². The molecule has 9 heteroatoms. The van der Waals surface area contributed by atoms with Crippen LogP contribution in [0.3, 0.4) is 0 Å². The van der Waals surface area contributed by atoms with Crippen molar-refractivity contribution in [3.05, 3.63) is 69.8 Å². The number of non-ortho nitro benzene ring substituents is 1. The standard InChI is InChI=1S/C17H13N5O3S/c18-17(26)21-20-15(10-4-2-1-3-5-10)9-13-12-8-11(22(24)25)6-7-14(12)19-16(13)23/h1-9,19,23H,(H2,18,26)/b15-9+,21-20?. The van der Waals surface area contributed by atoms with Crippen LogP contribution in [0.2, 0.25) is 0 Å². The first-order valence-corrected chi connectivity index (χ1v) is 7.84. The number of nitro groups is 1. The Bertz CT molecular complexity index is 1060. The van der Waals surface area contributed by atoms with Crippen molar-refractivity contribution in [1.82, 2.24) is 4.98 Å². The van der Waals surface area contributed by atoms with E-state index in [1.54, 1.807) is 18.2 Å². The minimum absolute atomic E-state index is 0.0860. The Morgan fingerprint density at radius 3 is 2.62 bits per heavy atom. The third-order valence-corrected chi connectivity index (χ3v) is 3.70. The number of hydrogen-bond donors (Lipinski definition) is 3. The van der Waals surface area contributed by atoms with E-state index in [1.807, 2.05) is 18.2 Å². The second kappa shape index (κ2) is 7.11. The molecule has 0 fully saturated rings. The maximum absolute atomic E-state index is 11.0. The number of fused-ring (bicyclic) bond motifs is 1. The molecule has 0 aliphatic heterocycles. The van der Waals surface area contributed by atoms with Crippen LogP contribution in [0.4, 0.5) is 5.69 Å². The molecule has 2 aromatic carbocycles. The number of aromatic nitrogens is 1. The summed E-state index contributed by atoms with van der Waals surface area (Å²) in [5, 5.41) is 29.4. The number of nitro benzene ring substituents is 1. The molecule has 0 radical (unpaired) electrons. The lowest BCUT2D eigenvalue weighted by molar-refractivity contribution is -0.384. The number of rotatable bonds is 4. The van der Waals surface area contributed by atoms with Gasteiger partial charge in [0.05, 0.1) is 10.6 Å². The van der Waals surface area contributed by atoms with Crippen LogP contribution < -0.4 is 5.73 Å². The molecule has 4 N–H and O–H groups in total. The molecule has 3 rings (SSSR count). The summed E-state index contributed by atoms with van der Waals surface area (Å²) < 4.78 is 0. The number of hydrogen-bond acceptors (Lipinski definition) is 5. The predicted molar refractivity (Wildman–Crippen MR) is 103 cm³/mol. The van der Waals surface area contributed by atoms with E-state index in [0.29, 0.717) is 27.7 Å². The summed E-state index contributed by atoms with van der Waals surface area (Å²) in [6.07, 6.45) is 1.56. The van der Waals surface area contributed by atoms with E-state index in [0.717, 1.165) is 0 Å². The molecular weight excluding hydrogens is 354 g/mol. The zero-order valence-electron chi connectivity index (χ0n) is 13.3. The summed E-state index contributed by atoms with van der Waals surface area (Å²) in [6.45, 7) is 0. The van der Waals surface area contributed by atoms with E-state index < -0.39 is 4.92 Å². The predicted octanol–water partition coefficient (Wildman–Crippen LogP) is 3.98. The normalized spacial score (nSPS) is 11.9. The number of nitrogens with two attached hydrogens (primary N) is 1. The molecule has 0 unspecified atom stereocenters. The molecular formula is C17H13N5O3S. The third-order valence-electron chi connectivity index (χ3n) is 3.62. The number of nitrogens with one attached hydrogen (secondary N) is 1. The highest BCUT2D eigenvalue weighted by Gasteiger charge is 2.15. The topological polar surface area (TPSA) is 130 Å². The van der Waals surface area contributed by atoms with Crippen molar-refractivity contribution < 1.29 is 10.0 Å². The number of aromatic hydroxyl groups is 1. The van der Waals surface area contributed by atoms with Crippen molar-refractivity contribution in [2.24, 2.45) is 16.0 Å². The highest BCUT2D eigenvalue weighted by Crippen LogP contribution is 2.33. The molecule has 0 saturated heterocycles. The van der Waals surface area contributed by atoms with E-state index in [9.17, 15) is 15.2 Å². The molecule has 130 valence electrons. The fraction of sp³-hybridized carbons (Fsp3) is 0. The summed E-state index contributed by atoms with van der Waals surface area (Å²) in [6, 6.07) is 13.4. The average molecular weight is 367 g/mol. The molecule has 26 heavy (non-hydrogen) atoms. The summed E-state index contributed by atoms with van der Waals surface area (Å²) in [5.41, 5.74) is 7.30. The van der Waals surface area contributed by atoms with E-state index >= 15 is 0 Å². The molecule has 0 spiro atoms. The van der Waals surface area contributed by atoms with E-state index in [2.05, 4.69) is 15.2 Å². The van der Waals surface area contributed by atoms with Gasteiger partial charge < -0.3 is 15.8 Å². The van der Waals surface area contributed by atoms with Gasteiger partial charge in [-0.25, -0.2) is 0 Å². The van der Waals surface area contributed by atoms with Crippen molar-refractivity contribution in [1.29, 1.82) is 0 Å². The van der Waals surface area contributed by atoms with Gasteiger partial charge in [0.2, 0.25) is 5.11 Å². The summed E-state index contributed by atoms with van der Waals surface area (Å²) in [5.74, 6) is -0.139. The molecule has 0 atom stereocenters. The minimum atomic E-state index is -0.498. The van der Waals surface area contributed by atoms with E-state index in [4.69, 9.17) is 18.0 Å². The molecule has 0 bridgehead atoms. The van der Waals surface area contributed by atoms with Gasteiger partial charge in [0.25, 0.3) is 5.69 Å². The largest absolute Gasteiger partial charge is 0.494 e. The molecule has 3 aromatic rings. The van der Waals surface area contributed by atoms with Gasteiger partial charge in [-0.2, -0.15) is 0 Å². The van der Waals surface area contributed by atoms with E-state index in [-0.39, 0.29) is 16.7 Å². The lowest BCUT2D eigenvalue weighted by atomic mass is 10.1. The van der Waals surface area contributed by atoms with Gasteiger partial charge in [-0.1, -0.05) is 30.3 Å². The number of aromatic amines is 1. The smallest absolute Gasteiger partial charge is 0.270 e. The first-order valence-electron chi connectivity index (χ1n) is 7.43.